The normalized spacial score (nSPS) is 10.8. The lowest BCUT2D eigenvalue weighted by Crippen LogP contribution is -1.88. The first-order chi connectivity index (χ1) is 9.19. The van der Waals surface area contributed by atoms with E-state index in [-0.39, 0.29) is 5.75 Å². The molecule has 4 heteroatoms. The first-order valence-electron chi connectivity index (χ1n) is 5.80. The van der Waals surface area contributed by atoms with Gasteiger partial charge in [-0.3, -0.25) is 4.99 Å². The predicted octanol–water partition coefficient (Wildman–Crippen LogP) is 3.78. The Morgan fingerprint density at radius 1 is 1.26 bits per heavy atom. The molecule has 0 aliphatic heterocycles. The van der Waals surface area contributed by atoms with Crippen LogP contribution in [0.25, 0.3) is 0 Å². The molecule has 0 saturated heterocycles. The second-order valence-corrected chi connectivity index (χ2v) is 4.94. The van der Waals surface area contributed by atoms with Crippen LogP contribution in [-0.4, -0.2) is 18.4 Å². The average Bonchev–Trinajstić information content (AvgIpc) is 2.43. The van der Waals surface area contributed by atoms with E-state index in [1.54, 1.807) is 25.5 Å². The number of aliphatic imine (C=N–C) groups is 1. The van der Waals surface area contributed by atoms with Crippen molar-refractivity contribution in [2.24, 2.45) is 4.99 Å². The summed E-state index contributed by atoms with van der Waals surface area (Å²) in [5.41, 5.74) is 1.75. The Morgan fingerprint density at radius 2 is 2.11 bits per heavy atom. The van der Waals surface area contributed by atoms with Gasteiger partial charge in [0, 0.05) is 16.3 Å². The minimum atomic E-state index is 0.220. The highest BCUT2D eigenvalue weighted by atomic mass is 79.9. The largest absolute Gasteiger partial charge is 0.507 e. The van der Waals surface area contributed by atoms with E-state index in [4.69, 9.17) is 4.74 Å². The van der Waals surface area contributed by atoms with Crippen LogP contribution in [0.5, 0.6) is 11.5 Å². The van der Waals surface area contributed by atoms with E-state index in [0.717, 1.165) is 15.8 Å². The average molecular weight is 320 g/mol. The highest BCUT2D eigenvalue weighted by molar-refractivity contribution is 9.10. The molecular formula is C15H14BrNO2. The second-order valence-electron chi connectivity index (χ2n) is 4.02. The van der Waals surface area contributed by atoms with Gasteiger partial charge in [0.15, 0.2) is 0 Å². The van der Waals surface area contributed by atoms with Crippen LogP contribution in [0.1, 0.15) is 11.1 Å². The first kappa shape index (κ1) is 13.6. The molecule has 0 amide bonds. The number of ether oxygens (including phenoxy) is 1. The zero-order valence-corrected chi connectivity index (χ0v) is 12.1. The van der Waals surface area contributed by atoms with E-state index < -0.39 is 0 Å². The molecule has 0 unspecified atom stereocenters. The van der Waals surface area contributed by atoms with Crippen molar-refractivity contribution < 1.29 is 9.84 Å². The molecular weight excluding hydrogens is 306 g/mol. The Morgan fingerprint density at radius 3 is 2.89 bits per heavy atom. The van der Waals surface area contributed by atoms with E-state index in [2.05, 4.69) is 20.9 Å². The van der Waals surface area contributed by atoms with E-state index >= 15 is 0 Å². The number of aromatic hydroxyl groups is 1. The summed E-state index contributed by atoms with van der Waals surface area (Å²) in [5, 5.41) is 9.68. The van der Waals surface area contributed by atoms with Gasteiger partial charge in [0.05, 0.1) is 13.7 Å². The van der Waals surface area contributed by atoms with Crippen LogP contribution in [0.4, 0.5) is 0 Å². The SMILES string of the molecule is COc1cccc(CN=Cc2cc(Br)ccc2O)c1. The first-order valence-corrected chi connectivity index (χ1v) is 6.59. The summed E-state index contributed by atoms with van der Waals surface area (Å²) in [6, 6.07) is 13.0. The number of nitrogens with zero attached hydrogens (tertiary/aromatic N) is 1. The third-order valence-corrected chi connectivity index (χ3v) is 3.12. The van der Waals surface area contributed by atoms with Crippen molar-refractivity contribution in [2.75, 3.05) is 7.11 Å². The van der Waals surface area contributed by atoms with Gasteiger partial charge < -0.3 is 9.84 Å². The number of hydrogen-bond donors (Lipinski definition) is 1. The summed E-state index contributed by atoms with van der Waals surface area (Å²) in [6.07, 6.45) is 1.67. The Bertz CT molecular complexity index is 596. The molecule has 98 valence electrons. The van der Waals surface area contributed by atoms with Crippen molar-refractivity contribution in [2.45, 2.75) is 6.54 Å². The van der Waals surface area contributed by atoms with Gasteiger partial charge in [0.25, 0.3) is 0 Å². The standard InChI is InChI=1S/C15H14BrNO2/c1-19-14-4-2-3-11(7-14)9-17-10-12-8-13(16)5-6-15(12)18/h2-8,10,18H,9H2,1H3. The van der Waals surface area contributed by atoms with Gasteiger partial charge in [-0.2, -0.15) is 0 Å². The van der Waals surface area contributed by atoms with Gasteiger partial charge in [0.2, 0.25) is 0 Å². The fraction of sp³-hybridized carbons (Fsp3) is 0.133. The minimum absolute atomic E-state index is 0.220. The monoisotopic (exact) mass is 319 g/mol. The van der Waals surface area contributed by atoms with Crippen molar-refractivity contribution in [3.63, 3.8) is 0 Å². The molecule has 2 aromatic carbocycles. The molecule has 0 atom stereocenters. The molecule has 0 bridgehead atoms. The lowest BCUT2D eigenvalue weighted by molar-refractivity contribution is 0.414. The third-order valence-electron chi connectivity index (χ3n) is 2.63. The maximum absolute atomic E-state index is 9.68. The van der Waals surface area contributed by atoms with Crippen molar-refractivity contribution in [1.29, 1.82) is 0 Å². The molecule has 19 heavy (non-hydrogen) atoms. The lowest BCUT2D eigenvalue weighted by atomic mass is 10.2. The van der Waals surface area contributed by atoms with Gasteiger partial charge >= 0.3 is 0 Å². The van der Waals surface area contributed by atoms with Crippen LogP contribution in [0.3, 0.4) is 0 Å². The smallest absolute Gasteiger partial charge is 0.124 e. The van der Waals surface area contributed by atoms with Crippen molar-refractivity contribution in [3.8, 4) is 11.5 Å². The van der Waals surface area contributed by atoms with Gasteiger partial charge in [-0.05, 0) is 35.9 Å². The van der Waals surface area contributed by atoms with Crippen molar-refractivity contribution in [3.05, 3.63) is 58.1 Å². The van der Waals surface area contributed by atoms with E-state index in [9.17, 15) is 5.11 Å². The van der Waals surface area contributed by atoms with Crippen LogP contribution in [-0.2, 0) is 6.54 Å². The maximum Gasteiger partial charge on any atom is 0.124 e. The van der Waals surface area contributed by atoms with Crippen LogP contribution in [0.15, 0.2) is 51.9 Å². The van der Waals surface area contributed by atoms with Crippen LogP contribution in [0.2, 0.25) is 0 Å². The number of halogens is 1. The zero-order chi connectivity index (χ0) is 13.7. The Labute approximate surface area is 120 Å². The quantitative estimate of drug-likeness (QED) is 0.871. The number of rotatable bonds is 4. The lowest BCUT2D eigenvalue weighted by Gasteiger charge is -2.02. The number of phenols is 1. The van der Waals surface area contributed by atoms with E-state index in [1.165, 1.54) is 0 Å². The number of phenolic OH excluding ortho intramolecular Hbond substituents is 1. The summed E-state index contributed by atoms with van der Waals surface area (Å²) in [6.45, 7) is 0.545. The zero-order valence-electron chi connectivity index (χ0n) is 10.5. The van der Waals surface area contributed by atoms with Crippen LogP contribution >= 0.6 is 15.9 Å². The molecule has 0 fully saturated rings. The Kier molecular flexibility index (Phi) is 4.58. The van der Waals surface area contributed by atoms with Crippen molar-refractivity contribution in [1.82, 2.24) is 0 Å². The maximum atomic E-state index is 9.68. The van der Waals surface area contributed by atoms with Crippen molar-refractivity contribution >= 4 is 22.1 Å². The van der Waals surface area contributed by atoms with E-state index in [0.29, 0.717) is 12.1 Å². The minimum Gasteiger partial charge on any atom is -0.507 e. The van der Waals surface area contributed by atoms with Gasteiger partial charge in [-0.1, -0.05) is 28.1 Å². The predicted molar refractivity (Wildman–Crippen MR) is 80.1 cm³/mol. The number of hydrogen-bond acceptors (Lipinski definition) is 3. The molecule has 0 saturated carbocycles. The van der Waals surface area contributed by atoms with Gasteiger partial charge in [0.1, 0.15) is 11.5 Å². The molecule has 2 rings (SSSR count). The molecule has 0 aliphatic rings. The molecule has 3 nitrogen and oxygen atoms in total. The molecule has 1 N–H and O–H groups in total. The number of benzene rings is 2. The highest BCUT2D eigenvalue weighted by Gasteiger charge is 1.99. The molecule has 0 spiro atoms. The molecule has 0 aliphatic carbocycles. The summed E-state index contributed by atoms with van der Waals surface area (Å²) >= 11 is 3.36. The molecule has 0 radical (unpaired) electrons. The summed E-state index contributed by atoms with van der Waals surface area (Å²) in [4.78, 5) is 4.33. The number of methoxy groups -OCH3 is 1. The van der Waals surface area contributed by atoms with E-state index in [1.807, 2.05) is 30.3 Å². The third kappa shape index (κ3) is 3.83. The summed E-state index contributed by atoms with van der Waals surface area (Å²) in [5.74, 6) is 1.04. The van der Waals surface area contributed by atoms with Crippen LogP contribution in [0, 0.1) is 0 Å². The molecule has 0 aromatic heterocycles. The molecule has 2 aromatic rings. The second kappa shape index (κ2) is 6.38. The van der Waals surface area contributed by atoms with Crippen LogP contribution < -0.4 is 4.74 Å². The van der Waals surface area contributed by atoms with Gasteiger partial charge in [-0.15, -0.1) is 0 Å². The molecule has 0 heterocycles. The summed E-state index contributed by atoms with van der Waals surface area (Å²) < 4.78 is 6.07. The topological polar surface area (TPSA) is 41.8 Å². The Balaban J connectivity index is 2.08. The Hall–Kier alpha value is -1.81. The fourth-order valence-corrected chi connectivity index (χ4v) is 2.03. The summed E-state index contributed by atoms with van der Waals surface area (Å²) in [7, 11) is 1.64. The highest BCUT2D eigenvalue weighted by Crippen LogP contribution is 2.20. The van der Waals surface area contributed by atoms with Gasteiger partial charge in [-0.25, -0.2) is 0 Å². The fourth-order valence-electron chi connectivity index (χ4n) is 1.65.